The number of unbranched alkanes of at least 4 members (excludes halogenated alkanes) is 1. The van der Waals surface area contributed by atoms with E-state index in [2.05, 4.69) is 216 Å². The van der Waals surface area contributed by atoms with Crippen LogP contribution >= 0.6 is 0 Å². The molecular formula is C63H53BN2. The topological polar surface area (TPSA) is 8.17 Å². The summed E-state index contributed by atoms with van der Waals surface area (Å²) in [5.41, 5.74) is 30.9. The highest BCUT2D eigenvalue weighted by Gasteiger charge is 2.52. The predicted molar refractivity (Wildman–Crippen MR) is 279 cm³/mol. The van der Waals surface area contributed by atoms with Crippen molar-refractivity contribution in [1.29, 1.82) is 0 Å². The van der Waals surface area contributed by atoms with Gasteiger partial charge in [-0.2, -0.15) is 0 Å². The molecule has 318 valence electrons. The highest BCUT2D eigenvalue weighted by Crippen LogP contribution is 2.62. The summed E-state index contributed by atoms with van der Waals surface area (Å²) in [6, 6.07) is 61.4. The minimum Gasteiger partial charge on any atom is -0.375 e. The van der Waals surface area contributed by atoms with Gasteiger partial charge in [-0.25, -0.2) is 0 Å². The first-order valence-corrected chi connectivity index (χ1v) is 24.4. The smallest absolute Gasteiger partial charge is 0.333 e. The van der Waals surface area contributed by atoms with Crippen molar-refractivity contribution in [3.8, 4) is 55.8 Å². The lowest BCUT2D eigenvalue weighted by molar-refractivity contribution is 0.660. The second-order valence-electron chi connectivity index (χ2n) is 21.4. The molecule has 9 aromatic rings. The molecule has 2 aliphatic heterocycles. The molecule has 0 bridgehead atoms. The molecule has 3 aliphatic carbocycles. The fraction of sp³-hybridized carbons (Fsp3) is 0.206. The molecule has 2 nitrogen and oxygen atoms in total. The lowest BCUT2D eigenvalue weighted by atomic mass is 9.44. The van der Waals surface area contributed by atoms with Crippen molar-refractivity contribution in [2.24, 2.45) is 0 Å². The molecule has 0 amide bonds. The van der Waals surface area contributed by atoms with Crippen molar-refractivity contribution < 1.29 is 0 Å². The fourth-order valence-corrected chi connectivity index (χ4v) is 13.9. The lowest BCUT2D eigenvalue weighted by Gasteiger charge is -2.44. The Morgan fingerprint density at radius 2 is 1.12 bits per heavy atom. The Morgan fingerprint density at radius 1 is 0.485 bits per heavy atom. The van der Waals surface area contributed by atoms with E-state index in [4.69, 9.17) is 0 Å². The van der Waals surface area contributed by atoms with E-state index in [0.29, 0.717) is 0 Å². The summed E-state index contributed by atoms with van der Waals surface area (Å²) >= 11 is 0. The van der Waals surface area contributed by atoms with Crippen LogP contribution in [0.1, 0.15) is 100 Å². The third-order valence-electron chi connectivity index (χ3n) is 16.9. The zero-order chi connectivity index (χ0) is 44.6. The normalized spacial score (nSPS) is 16.3. The molecular weight excluding hydrogens is 796 g/mol. The Labute approximate surface area is 389 Å². The molecule has 66 heavy (non-hydrogen) atoms. The van der Waals surface area contributed by atoms with E-state index >= 15 is 0 Å². The van der Waals surface area contributed by atoms with Crippen LogP contribution in [0.2, 0.25) is 0 Å². The molecule has 0 spiro atoms. The molecule has 14 rings (SSSR count). The number of nitrogens with zero attached hydrogens (tertiary/aromatic N) is 2. The summed E-state index contributed by atoms with van der Waals surface area (Å²) in [4.78, 5) is 2.76. The van der Waals surface area contributed by atoms with Crippen LogP contribution in [0.25, 0.3) is 66.7 Å². The van der Waals surface area contributed by atoms with Gasteiger partial charge in [-0.1, -0.05) is 194 Å². The van der Waals surface area contributed by atoms with Crippen molar-refractivity contribution >= 4 is 45.7 Å². The Morgan fingerprint density at radius 3 is 1.85 bits per heavy atom. The summed E-state index contributed by atoms with van der Waals surface area (Å²) in [6.45, 7) is 16.9. The van der Waals surface area contributed by atoms with Gasteiger partial charge >= 0.3 is 6.85 Å². The molecule has 3 heterocycles. The molecule has 0 unspecified atom stereocenters. The van der Waals surface area contributed by atoms with Crippen LogP contribution in [0, 0.1) is 0 Å². The third-order valence-corrected chi connectivity index (χ3v) is 16.9. The highest BCUT2D eigenvalue weighted by molar-refractivity contribution is 6.90. The molecule has 0 saturated carbocycles. The number of rotatable bonds is 5. The minimum absolute atomic E-state index is 0.0734. The van der Waals surface area contributed by atoms with Gasteiger partial charge in [0.25, 0.3) is 0 Å². The van der Waals surface area contributed by atoms with Crippen LogP contribution in [-0.4, -0.2) is 11.3 Å². The maximum Gasteiger partial charge on any atom is 0.333 e. The first-order chi connectivity index (χ1) is 32.0. The molecule has 3 heteroatoms. The predicted octanol–water partition coefficient (Wildman–Crippen LogP) is 15.0. The monoisotopic (exact) mass is 848 g/mol. The fourth-order valence-electron chi connectivity index (χ4n) is 13.9. The van der Waals surface area contributed by atoms with Crippen molar-refractivity contribution in [2.75, 3.05) is 4.90 Å². The van der Waals surface area contributed by atoms with Crippen molar-refractivity contribution in [2.45, 2.75) is 84.0 Å². The van der Waals surface area contributed by atoms with E-state index < -0.39 is 0 Å². The Balaban J connectivity index is 1.21. The number of aryl methyl sites for hydroxylation is 1. The molecule has 0 fully saturated rings. The van der Waals surface area contributed by atoms with Crippen molar-refractivity contribution in [1.82, 2.24) is 4.48 Å². The van der Waals surface area contributed by atoms with Gasteiger partial charge in [-0.15, -0.1) is 0 Å². The van der Waals surface area contributed by atoms with Crippen LogP contribution in [0.15, 0.2) is 158 Å². The Hall–Kier alpha value is -6.84. The van der Waals surface area contributed by atoms with Gasteiger partial charge in [0.05, 0.1) is 11.4 Å². The largest absolute Gasteiger partial charge is 0.375 e. The van der Waals surface area contributed by atoms with Gasteiger partial charge in [0.2, 0.25) is 0 Å². The second kappa shape index (κ2) is 12.9. The molecule has 5 aliphatic rings. The average Bonchev–Trinajstić information content (AvgIpc) is 3.97. The second-order valence-corrected chi connectivity index (χ2v) is 21.4. The number of anilines is 3. The van der Waals surface area contributed by atoms with Crippen LogP contribution in [0.5, 0.6) is 0 Å². The number of fused-ring (bicyclic) bond motifs is 17. The number of hydrogen-bond acceptors (Lipinski definition) is 1. The van der Waals surface area contributed by atoms with Crippen molar-refractivity contribution in [3.05, 3.63) is 197 Å². The zero-order valence-corrected chi connectivity index (χ0v) is 39.1. The molecule has 0 N–H and O–H groups in total. The zero-order valence-electron chi connectivity index (χ0n) is 39.1. The first kappa shape index (κ1) is 38.4. The van der Waals surface area contributed by atoms with Crippen LogP contribution in [0.4, 0.5) is 17.1 Å². The van der Waals surface area contributed by atoms with Gasteiger partial charge in [0.15, 0.2) is 0 Å². The van der Waals surface area contributed by atoms with Gasteiger partial charge in [0.1, 0.15) is 0 Å². The van der Waals surface area contributed by atoms with E-state index in [9.17, 15) is 0 Å². The highest BCUT2D eigenvalue weighted by atomic mass is 15.2. The van der Waals surface area contributed by atoms with Crippen LogP contribution in [0.3, 0.4) is 0 Å². The minimum atomic E-state index is -0.214. The van der Waals surface area contributed by atoms with E-state index in [-0.39, 0.29) is 23.1 Å². The standard InChI is InChI=1S/C63H53BN2/c1-8-9-20-37-31-34-51(44(35-37)38-21-11-10-12-22-38)65-52-36-49-53(39-23-13-16-28-45(39)62(49,4)5)55-42-26-19-27-43-56-59(41-25-15-18-30-47(41)63(56,6)7)66(58(42)43)64(57(52)55)50-33-32-48-54(60(50)65)40-24-14-17-29-46(40)61(48,2)3/h10-19,21-36H,8-9,20H2,1-7H3. The van der Waals surface area contributed by atoms with Crippen molar-refractivity contribution in [3.63, 3.8) is 0 Å². The number of benzene rings is 8. The molecule has 0 radical (unpaired) electrons. The van der Waals surface area contributed by atoms with Gasteiger partial charge in [0, 0.05) is 60.8 Å². The van der Waals surface area contributed by atoms with Gasteiger partial charge < -0.3 is 9.38 Å². The maximum atomic E-state index is 2.83. The van der Waals surface area contributed by atoms with E-state index in [1.54, 1.807) is 0 Å². The SMILES string of the molecule is CCCCc1ccc(N2c3cc4c(c5c3B(c3ccc6c(c32)-c2ccccc2C6(C)C)n2c3c(c6cccc-5c62)C(C)(C)c2ccccc2-3)-c2ccccc2C4(C)C)c(-c2ccccc2)c1. The Kier molecular flexibility index (Phi) is 7.54. The number of aromatic nitrogens is 1. The maximum absolute atomic E-state index is 2.83. The van der Waals surface area contributed by atoms with E-state index in [0.717, 1.165) is 6.42 Å². The summed E-state index contributed by atoms with van der Waals surface area (Å²) in [5.74, 6) is 0. The van der Waals surface area contributed by atoms with Gasteiger partial charge in [-0.3, -0.25) is 0 Å². The number of hydrogen-bond donors (Lipinski definition) is 0. The Bertz CT molecular complexity index is 3620. The van der Waals surface area contributed by atoms with Crippen LogP contribution < -0.4 is 15.8 Å². The molecule has 1 aromatic heterocycles. The van der Waals surface area contributed by atoms with Crippen LogP contribution in [-0.2, 0) is 22.7 Å². The van der Waals surface area contributed by atoms with E-state index in [1.807, 2.05) is 0 Å². The summed E-state index contributed by atoms with van der Waals surface area (Å²) in [7, 11) is 0. The average molecular weight is 849 g/mol. The first-order valence-electron chi connectivity index (χ1n) is 24.4. The number of para-hydroxylation sites is 1. The summed E-state index contributed by atoms with van der Waals surface area (Å²) in [6.07, 6.45) is 3.41. The summed E-state index contributed by atoms with van der Waals surface area (Å²) < 4.78 is 2.83. The molecule has 8 aromatic carbocycles. The van der Waals surface area contributed by atoms with Gasteiger partial charge in [-0.05, 0) is 109 Å². The lowest BCUT2D eigenvalue weighted by Crippen LogP contribution is -2.57. The quantitative estimate of drug-likeness (QED) is 0.157. The summed E-state index contributed by atoms with van der Waals surface area (Å²) in [5, 5.41) is 1.38. The molecule has 0 atom stereocenters. The molecule has 0 saturated heterocycles. The third kappa shape index (κ3) is 4.59. The van der Waals surface area contributed by atoms with E-state index in [1.165, 1.54) is 146 Å².